The lowest BCUT2D eigenvalue weighted by Crippen LogP contribution is -1.82. The molecule has 0 heterocycles. The topological polar surface area (TPSA) is 0 Å². The zero-order valence-corrected chi connectivity index (χ0v) is 15.3. The normalized spacial score (nSPS) is 10.1. The third kappa shape index (κ3) is 4.17. The quantitative estimate of drug-likeness (QED) is 0.354. The van der Waals surface area contributed by atoms with Crippen molar-refractivity contribution in [3.63, 3.8) is 0 Å². The minimum Gasteiger partial charge on any atom is -0.0622 e. The van der Waals surface area contributed by atoms with Crippen LogP contribution in [0.3, 0.4) is 0 Å². The van der Waals surface area contributed by atoms with Gasteiger partial charge in [-0.15, -0.1) is 0 Å². The second-order valence-electron chi connectivity index (χ2n) is 6.64. The van der Waals surface area contributed by atoms with Crippen molar-refractivity contribution in [2.24, 2.45) is 0 Å². The van der Waals surface area contributed by atoms with Crippen LogP contribution in [0.15, 0.2) is 103 Å². The minimum absolute atomic E-state index is 1.03. The summed E-state index contributed by atoms with van der Waals surface area (Å²) < 4.78 is 0. The van der Waals surface area contributed by atoms with Crippen LogP contribution >= 0.6 is 0 Å². The van der Waals surface area contributed by atoms with E-state index >= 15 is 0 Å². The number of hydrogen-bond acceptors (Lipinski definition) is 0. The predicted octanol–water partition coefficient (Wildman–Crippen LogP) is 6.73. The van der Waals surface area contributed by atoms with E-state index in [4.69, 9.17) is 0 Å². The van der Waals surface area contributed by atoms with E-state index in [-0.39, 0.29) is 0 Å². The number of hydrogen-bond donors (Lipinski definition) is 0. The van der Waals surface area contributed by atoms with Gasteiger partial charge in [0.15, 0.2) is 0 Å². The molecule has 0 aliphatic carbocycles. The maximum Gasteiger partial charge on any atom is 0.0249 e. The van der Waals surface area contributed by atoms with Gasteiger partial charge >= 0.3 is 0 Å². The third-order valence-corrected chi connectivity index (χ3v) is 4.61. The first kappa shape index (κ1) is 16.9. The Morgan fingerprint density at radius 1 is 0.407 bits per heavy atom. The molecule has 0 radical (unpaired) electrons. The summed E-state index contributed by atoms with van der Waals surface area (Å²) in [7, 11) is 0. The fraction of sp³-hybridized carbons (Fsp3) is 0.0370. The van der Waals surface area contributed by atoms with Crippen LogP contribution in [-0.2, 0) is 0 Å². The smallest absolute Gasteiger partial charge is 0.0249 e. The van der Waals surface area contributed by atoms with Crippen molar-refractivity contribution in [2.45, 2.75) is 6.92 Å². The van der Waals surface area contributed by atoms with Gasteiger partial charge in [0, 0.05) is 11.1 Å². The Morgan fingerprint density at radius 2 is 0.778 bits per heavy atom. The van der Waals surface area contributed by atoms with Gasteiger partial charge in [-0.1, -0.05) is 96.3 Å². The predicted molar refractivity (Wildman–Crippen MR) is 114 cm³/mol. The van der Waals surface area contributed by atoms with Crippen molar-refractivity contribution < 1.29 is 0 Å². The molecule has 0 unspecified atom stereocenters. The SMILES string of the molecule is Cc1ccc(-c2ccc(-c3ccc(C#Cc4ccccc4)cc3)cc2)cc1. The third-order valence-electron chi connectivity index (χ3n) is 4.61. The van der Waals surface area contributed by atoms with Gasteiger partial charge in [-0.3, -0.25) is 0 Å². The standard InChI is InChI=1S/C27H20/c1-21-7-13-24(14-8-21)26-17-19-27(20-18-26)25-15-11-23(12-16-25)10-9-22-5-3-2-4-6-22/h2-8,11-20H,1H3. The summed E-state index contributed by atoms with van der Waals surface area (Å²) in [6.45, 7) is 2.11. The van der Waals surface area contributed by atoms with Crippen LogP contribution in [0.2, 0.25) is 0 Å². The lowest BCUT2D eigenvalue weighted by atomic mass is 9.99. The first-order valence-corrected chi connectivity index (χ1v) is 9.12. The van der Waals surface area contributed by atoms with Gasteiger partial charge < -0.3 is 0 Å². The molecule has 0 saturated heterocycles. The van der Waals surface area contributed by atoms with Gasteiger partial charge in [0.05, 0.1) is 0 Å². The van der Waals surface area contributed by atoms with Gasteiger partial charge in [0.2, 0.25) is 0 Å². The van der Waals surface area contributed by atoms with Crippen LogP contribution in [-0.4, -0.2) is 0 Å². The summed E-state index contributed by atoms with van der Waals surface area (Å²) in [5, 5.41) is 0. The molecule has 27 heavy (non-hydrogen) atoms. The highest BCUT2D eigenvalue weighted by Crippen LogP contribution is 2.25. The fourth-order valence-corrected chi connectivity index (χ4v) is 3.01. The van der Waals surface area contributed by atoms with Crippen LogP contribution < -0.4 is 0 Å². The Labute approximate surface area is 161 Å². The van der Waals surface area contributed by atoms with E-state index in [9.17, 15) is 0 Å². The second-order valence-corrected chi connectivity index (χ2v) is 6.64. The summed E-state index contributed by atoms with van der Waals surface area (Å²) in [6.07, 6.45) is 0. The van der Waals surface area contributed by atoms with Crippen LogP contribution in [0.5, 0.6) is 0 Å². The molecule has 0 bridgehead atoms. The number of aryl methyl sites for hydroxylation is 1. The molecule has 0 spiro atoms. The van der Waals surface area contributed by atoms with Crippen LogP contribution in [0.25, 0.3) is 22.3 Å². The van der Waals surface area contributed by atoms with Gasteiger partial charge in [-0.05, 0) is 53.4 Å². The summed E-state index contributed by atoms with van der Waals surface area (Å²) in [4.78, 5) is 0. The molecule has 4 aromatic rings. The average molecular weight is 344 g/mol. The van der Waals surface area contributed by atoms with Gasteiger partial charge in [-0.25, -0.2) is 0 Å². The van der Waals surface area contributed by atoms with Crippen molar-refractivity contribution in [3.8, 4) is 34.1 Å². The molecule has 0 fully saturated rings. The van der Waals surface area contributed by atoms with Crippen molar-refractivity contribution in [3.05, 3.63) is 120 Å². The average Bonchev–Trinajstić information content (AvgIpc) is 2.74. The molecule has 0 saturated carbocycles. The zero-order chi connectivity index (χ0) is 18.5. The van der Waals surface area contributed by atoms with E-state index in [1.54, 1.807) is 0 Å². The number of benzene rings is 4. The zero-order valence-electron chi connectivity index (χ0n) is 15.3. The second kappa shape index (κ2) is 7.77. The van der Waals surface area contributed by atoms with Crippen LogP contribution in [0, 0.1) is 18.8 Å². The summed E-state index contributed by atoms with van der Waals surface area (Å²) >= 11 is 0. The fourth-order valence-electron chi connectivity index (χ4n) is 3.01. The highest BCUT2D eigenvalue weighted by atomic mass is 14.0. The first-order valence-electron chi connectivity index (χ1n) is 9.12. The lowest BCUT2D eigenvalue weighted by Gasteiger charge is -2.06. The molecule has 0 amide bonds. The van der Waals surface area contributed by atoms with Crippen molar-refractivity contribution in [1.29, 1.82) is 0 Å². The number of rotatable bonds is 2. The largest absolute Gasteiger partial charge is 0.0622 e. The molecule has 4 aromatic carbocycles. The molecule has 0 nitrogen and oxygen atoms in total. The molecule has 0 aromatic heterocycles. The highest BCUT2D eigenvalue weighted by Gasteiger charge is 2.00. The van der Waals surface area contributed by atoms with E-state index in [2.05, 4.69) is 91.6 Å². The maximum atomic E-state index is 3.22. The van der Waals surface area contributed by atoms with E-state index in [0.717, 1.165) is 11.1 Å². The van der Waals surface area contributed by atoms with Crippen molar-refractivity contribution >= 4 is 0 Å². The summed E-state index contributed by atoms with van der Waals surface area (Å²) in [5.41, 5.74) is 8.25. The van der Waals surface area contributed by atoms with Crippen molar-refractivity contribution in [2.75, 3.05) is 0 Å². The summed E-state index contributed by atoms with van der Waals surface area (Å²) in [6, 6.07) is 35.9. The van der Waals surface area contributed by atoms with Crippen LogP contribution in [0.1, 0.15) is 16.7 Å². The van der Waals surface area contributed by atoms with E-state index in [0.29, 0.717) is 0 Å². The van der Waals surface area contributed by atoms with E-state index in [1.807, 2.05) is 30.3 Å². The highest BCUT2D eigenvalue weighted by molar-refractivity contribution is 5.71. The van der Waals surface area contributed by atoms with Gasteiger partial charge in [-0.2, -0.15) is 0 Å². The Hall–Kier alpha value is -3.56. The monoisotopic (exact) mass is 344 g/mol. The van der Waals surface area contributed by atoms with Crippen molar-refractivity contribution in [1.82, 2.24) is 0 Å². The molecule has 0 atom stereocenters. The van der Waals surface area contributed by atoms with Gasteiger partial charge in [0.1, 0.15) is 0 Å². The lowest BCUT2D eigenvalue weighted by molar-refractivity contribution is 1.47. The Kier molecular flexibility index (Phi) is 4.86. The molecule has 4 rings (SSSR count). The Morgan fingerprint density at radius 3 is 1.26 bits per heavy atom. The van der Waals surface area contributed by atoms with Gasteiger partial charge in [0.25, 0.3) is 0 Å². The molecule has 128 valence electrons. The molecular formula is C27H20. The molecular weight excluding hydrogens is 324 g/mol. The first-order chi connectivity index (χ1) is 13.3. The molecule has 0 N–H and O–H groups in total. The molecule has 0 aliphatic rings. The van der Waals surface area contributed by atoms with E-state index < -0.39 is 0 Å². The Bertz CT molecular complexity index is 1070. The minimum atomic E-state index is 1.03. The maximum absolute atomic E-state index is 3.22. The van der Waals surface area contributed by atoms with Crippen LogP contribution in [0.4, 0.5) is 0 Å². The molecule has 0 aliphatic heterocycles. The van der Waals surface area contributed by atoms with E-state index in [1.165, 1.54) is 27.8 Å². The molecule has 0 heteroatoms. The Balaban J connectivity index is 1.52. The summed E-state index contributed by atoms with van der Waals surface area (Å²) in [5.74, 6) is 6.42.